The van der Waals surface area contributed by atoms with Crippen molar-refractivity contribution in [3.05, 3.63) is 76.2 Å². The number of carbonyl (C=O) groups is 1. The summed E-state index contributed by atoms with van der Waals surface area (Å²) < 4.78 is 11.0. The standard InChI is InChI=1S/C31H38O4/c1-7-30(33,8-2)18-17-24-11-12-25(19-22(24)5)31(9-3,10-4)26-13-15-28(23(6)20-26)34-21-27-14-16-29(32)35-27/h11-13,15,19-21,33H,7-10,14,16H2,1-6H3. The third kappa shape index (κ3) is 5.80. The molecule has 0 atom stereocenters. The van der Waals surface area contributed by atoms with Gasteiger partial charge in [-0.25, -0.2) is 0 Å². The Hall–Kier alpha value is -3.03. The molecular weight excluding hydrogens is 436 g/mol. The summed E-state index contributed by atoms with van der Waals surface area (Å²) in [4.78, 5) is 11.3. The SMILES string of the molecule is CCC(O)(C#Cc1ccc(C(CC)(CC)c2ccc(OC=C3CCC(=O)O3)c(C)c2)cc1C)CC. The first-order valence-electron chi connectivity index (χ1n) is 12.7. The highest BCUT2D eigenvalue weighted by atomic mass is 16.6. The van der Waals surface area contributed by atoms with E-state index in [1.54, 1.807) is 6.26 Å². The summed E-state index contributed by atoms with van der Waals surface area (Å²) in [6, 6.07) is 12.9. The third-order valence-corrected chi connectivity index (χ3v) is 7.45. The van der Waals surface area contributed by atoms with Gasteiger partial charge in [0.05, 0.1) is 6.42 Å². The molecule has 0 aliphatic carbocycles. The van der Waals surface area contributed by atoms with Crippen LogP contribution in [0.3, 0.4) is 0 Å². The first kappa shape index (κ1) is 26.6. The molecule has 0 saturated carbocycles. The van der Waals surface area contributed by atoms with Crippen LogP contribution in [0.4, 0.5) is 0 Å². The number of hydrogen-bond acceptors (Lipinski definition) is 4. The van der Waals surface area contributed by atoms with Crippen LogP contribution >= 0.6 is 0 Å². The van der Waals surface area contributed by atoms with E-state index in [0.717, 1.165) is 35.3 Å². The number of ether oxygens (including phenoxy) is 2. The molecule has 0 aromatic heterocycles. The molecule has 0 unspecified atom stereocenters. The van der Waals surface area contributed by atoms with Gasteiger partial charge in [-0.05, 0) is 73.9 Å². The molecule has 4 nitrogen and oxygen atoms in total. The van der Waals surface area contributed by atoms with Crippen LogP contribution in [-0.4, -0.2) is 16.7 Å². The molecule has 1 aliphatic heterocycles. The van der Waals surface area contributed by atoms with Crippen LogP contribution in [0.15, 0.2) is 48.4 Å². The van der Waals surface area contributed by atoms with Crippen LogP contribution in [0.2, 0.25) is 0 Å². The minimum atomic E-state index is -0.932. The number of hydrogen-bond donors (Lipinski definition) is 1. The van der Waals surface area contributed by atoms with Gasteiger partial charge in [0.25, 0.3) is 0 Å². The summed E-state index contributed by atoms with van der Waals surface area (Å²) >= 11 is 0. The van der Waals surface area contributed by atoms with Crippen molar-refractivity contribution in [2.24, 2.45) is 0 Å². The molecule has 1 saturated heterocycles. The lowest BCUT2D eigenvalue weighted by Crippen LogP contribution is -2.26. The summed E-state index contributed by atoms with van der Waals surface area (Å²) in [5.74, 6) is 7.41. The predicted molar refractivity (Wildman–Crippen MR) is 140 cm³/mol. The minimum absolute atomic E-state index is 0.132. The molecule has 0 spiro atoms. The van der Waals surface area contributed by atoms with Crippen LogP contribution < -0.4 is 4.74 Å². The summed E-state index contributed by atoms with van der Waals surface area (Å²) in [6.45, 7) is 12.5. The molecule has 2 aromatic rings. The lowest BCUT2D eigenvalue weighted by molar-refractivity contribution is -0.135. The van der Waals surface area contributed by atoms with E-state index in [1.165, 1.54) is 11.1 Å². The van der Waals surface area contributed by atoms with Gasteiger partial charge in [0, 0.05) is 17.4 Å². The molecular formula is C31H38O4. The highest BCUT2D eigenvalue weighted by Gasteiger charge is 2.31. The van der Waals surface area contributed by atoms with E-state index in [1.807, 2.05) is 26.8 Å². The van der Waals surface area contributed by atoms with E-state index in [9.17, 15) is 9.90 Å². The van der Waals surface area contributed by atoms with E-state index in [-0.39, 0.29) is 11.4 Å². The quantitative estimate of drug-likeness (QED) is 0.258. The van der Waals surface area contributed by atoms with Gasteiger partial charge in [-0.3, -0.25) is 4.79 Å². The van der Waals surface area contributed by atoms with E-state index < -0.39 is 5.60 Å². The normalized spacial score (nSPS) is 15.1. The van der Waals surface area contributed by atoms with Crippen LogP contribution in [0.1, 0.15) is 94.0 Å². The smallest absolute Gasteiger partial charge is 0.311 e. The second-order valence-electron chi connectivity index (χ2n) is 9.46. The molecule has 0 radical (unpaired) electrons. The first-order valence-corrected chi connectivity index (χ1v) is 12.7. The Morgan fingerprint density at radius 3 is 2.09 bits per heavy atom. The van der Waals surface area contributed by atoms with E-state index in [4.69, 9.17) is 9.47 Å². The molecule has 4 heteroatoms. The van der Waals surface area contributed by atoms with Crippen molar-refractivity contribution in [2.75, 3.05) is 0 Å². The monoisotopic (exact) mass is 474 g/mol. The number of rotatable bonds is 8. The number of benzene rings is 2. The maximum atomic E-state index is 11.3. The second-order valence-corrected chi connectivity index (χ2v) is 9.46. The van der Waals surface area contributed by atoms with Crippen molar-refractivity contribution >= 4 is 5.97 Å². The molecule has 0 bridgehead atoms. The molecule has 1 heterocycles. The zero-order valence-electron chi connectivity index (χ0n) is 22.0. The summed E-state index contributed by atoms with van der Waals surface area (Å²) in [5, 5.41) is 10.5. The number of aryl methyl sites for hydroxylation is 2. The topological polar surface area (TPSA) is 55.8 Å². The Labute approximate surface area is 210 Å². The minimum Gasteiger partial charge on any atom is -0.461 e. The Bertz CT molecular complexity index is 1150. The second kappa shape index (κ2) is 11.1. The van der Waals surface area contributed by atoms with Gasteiger partial charge < -0.3 is 14.6 Å². The molecule has 3 rings (SSSR count). The number of allylic oxidation sites excluding steroid dienone is 1. The maximum absolute atomic E-state index is 11.3. The van der Waals surface area contributed by atoms with Crippen molar-refractivity contribution in [2.45, 2.75) is 91.1 Å². The fourth-order valence-corrected chi connectivity index (χ4v) is 4.71. The highest BCUT2D eigenvalue weighted by Crippen LogP contribution is 2.41. The van der Waals surface area contributed by atoms with Crippen molar-refractivity contribution in [3.8, 4) is 17.6 Å². The fourth-order valence-electron chi connectivity index (χ4n) is 4.71. The van der Waals surface area contributed by atoms with Gasteiger partial charge in [0.2, 0.25) is 0 Å². The van der Waals surface area contributed by atoms with E-state index >= 15 is 0 Å². The van der Waals surface area contributed by atoms with Crippen LogP contribution in [-0.2, 0) is 14.9 Å². The largest absolute Gasteiger partial charge is 0.461 e. The average molecular weight is 475 g/mol. The summed E-state index contributed by atoms with van der Waals surface area (Å²) in [6.07, 6.45) is 5.68. The van der Waals surface area contributed by atoms with Gasteiger partial charge in [0.15, 0.2) is 0 Å². The van der Waals surface area contributed by atoms with Gasteiger partial charge in [0.1, 0.15) is 23.4 Å². The third-order valence-electron chi connectivity index (χ3n) is 7.45. The maximum Gasteiger partial charge on any atom is 0.311 e. The highest BCUT2D eigenvalue weighted by molar-refractivity contribution is 5.73. The van der Waals surface area contributed by atoms with Crippen LogP contribution in [0.25, 0.3) is 0 Å². The van der Waals surface area contributed by atoms with Gasteiger partial charge in [-0.15, -0.1) is 0 Å². The fraction of sp³-hybridized carbons (Fsp3) is 0.452. The summed E-state index contributed by atoms with van der Waals surface area (Å²) in [5.41, 5.74) is 4.55. The van der Waals surface area contributed by atoms with E-state index in [2.05, 4.69) is 62.9 Å². The van der Waals surface area contributed by atoms with Gasteiger partial charge in [-0.1, -0.05) is 63.8 Å². The van der Waals surface area contributed by atoms with Crippen molar-refractivity contribution in [3.63, 3.8) is 0 Å². The number of aliphatic hydroxyl groups is 1. The lowest BCUT2D eigenvalue weighted by Gasteiger charge is -2.34. The number of cyclic esters (lactones) is 1. The van der Waals surface area contributed by atoms with E-state index in [0.29, 0.717) is 31.4 Å². The number of esters is 1. The van der Waals surface area contributed by atoms with Crippen molar-refractivity contribution < 1.29 is 19.4 Å². The lowest BCUT2D eigenvalue weighted by atomic mass is 9.70. The molecule has 35 heavy (non-hydrogen) atoms. The van der Waals surface area contributed by atoms with Crippen LogP contribution in [0.5, 0.6) is 5.75 Å². The van der Waals surface area contributed by atoms with Crippen molar-refractivity contribution in [1.29, 1.82) is 0 Å². The molecule has 1 N–H and O–H groups in total. The summed E-state index contributed by atoms with van der Waals surface area (Å²) in [7, 11) is 0. The van der Waals surface area contributed by atoms with Crippen LogP contribution in [0, 0.1) is 25.7 Å². The Balaban J connectivity index is 1.92. The zero-order chi connectivity index (χ0) is 25.6. The Kier molecular flexibility index (Phi) is 8.46. The zero-order valence-corrected chi connectivity index (χ0v) is 22.0. The predicted octanol–water partition coefficient (Wildman–Crippen LogP) is 6.87. The molecule has 1 fully saturated rings. The molecule has 0 amide bonds. The van der Waals surface area contributed by atoms with Gasteiger partial charge >= 0.3 is 5.97 Å². The van der Waals surface area contributed by atoms with Crippen molar-refractivity contribution in [1.82, 2.24) is 0 Å². The molecule has 186 valence electrons. The molecule has 1 aliphatic rings. The first-order chi connectivity index (χ1) is 16.7. The van der Waals surface area contributed by atoms with Gasteiger partial charge in [-0.2, -0.15) is 0 Å². The Morgan fingerprint density at radius 1 is 0.943 bits per heavy atom. The average Bonchev–Trinajstić information content (AvgIpc) is 3.28. The Morgan fingerprint density at radius 2 is 1.57 bits per heavy atom. The molecule has 2 aromatic carbocycles. The number of carbonyl (C=O) groups excluding carboxylic acids is 1.